The molecular formula is C18H22FN3O5. The van der Waals surface area contributed by atoms with E-state index in [1.54, 1.807) is 12.1 Å². The van der Waals surface area contributed by atoms with Crippen LogP contribution in [0.15, 0.2) is 24.3 Å². The summed E-state index contributed by atoms with van der Waals surface area (Å²) in [7, 11) is 1.40. The predicted molar refractivity (Wildman–Crippen MR) is 94.8 cm³/mol. The summed E-state index contributed by atoms with van der Waals surface area (Å²) in [4.78, 5) is 28.8. The van der Waals surface area contributed by atoms with Crippen LogP contribution in [0.5, 0.6) is 0 Å². The average Bonchev–Trinajstić information content (AvgIpc) is 2.95. The number of nitrogens with zero attached hydrogens (tertiary/aromatic N) is 1. The molecule has 1 atom stereocenters. The first kappa shape index (κ1) is 19.3. The second-order valence-electron chi connectivity index (χ2n) is 6.63. The van der Waals surface area contributed by atoms with Crippen molar-refractivity contribution in [1.29, 1.82) is 0 Å². The van der Waals surface area contributed by atoms with Gasteiger partial charge in [-0.15, -0.1) is 0 Å². The molecule has 1 fully saturated rings. The minimum atomic E-state index is -1.42. The predicted octanol–water partition coefficient (Wildman–Crippen LogP) is 0.273. The lowest BCUT2D eigenvalue weighted by Gasteiger charge is -2.30. The van der Waals surface area contributed by atoms with Crippen molar-refractivity contribution in [2.45, 2.75) is 5.60 Å². The molecule has 9 heteroatoms. The van der Waals surface area contributed by atoms with Crippen LogP contribution in [-0.4, -0.2) is 79.0 Å². The van der Waals surface area contributed by atoms with Crippen molar-refractivity contribution >= 4 is 22.7 Å². The highest BCUT2D eigenvalue weighted by Crippen LogP contribution is 2.20. The van der Waals surface area contributed by atoms with Gasteiger partial charge in [-0.25, -0.2) is 4.39 Å². The van der Waals surface area contributed by atoms with E-state index in [2.05, 4.69) is 10.3 Å². The maximum atomic E-state index is 13.4. The van der Waals surface area contributed by atoms with Gasteiger partial charge >= 0.3 is 0 Å². The number of ether oxygens (including phenoxy) is 2. The SMILES string of the molecule is COCC(=O)NC[C@@]1(O)COCCN(C(=O)c2cc3ccc(F)cc3[nH]2)C1. The number of fused-ring (bicyclic) bond motifs is 1. The Morgan fingerprint density at radius 3 is 3.04 bits per heavy atom. The van der Waals surface area contributed by atoms with Crippen molar-refractivity contribution in [3.05, 3.63) is 35.8 Å². The third-order valence-electron chi connectivity index (χ3n) is 4.35. The van der Waals surface area contributed by atoms with Gasteiger partial charge in [0.2, 0.25) is 5.91 Å². The molecule has 3 N–H and O–H groups in total. The number of halogens is 1. The van der Waals surface area contributed by atoms with Gasteiger partial charge in [0.05, 0.1) is 26.3 Å². The maximum Gasteiger partial charge on any atom is 0.270 e. The van der Waals surface area contributed by atoms with Gasteiger partial charge in [0.1, 0.15) is 23.7 Å². The summed E-state index contributed by atoms with van der Waals surface area (Å²) in [6.07, 6.45) is 0. The number of methoxy groups -OCH3 is 1. The third kappa shape index (κ3) is 4.62. The molecule has 0 spiro atoms. The van der Waals surface area contributed by atoms with Crippen LogP contribution in [0.1, 0.15) is 10.5 Å². The van der Waals surface area contributed by atoms with Crippen LogP contribution < -0.4 is 5.32 Å². The number of aliphatic hydroxyl groups is 1. The van der Waals surface area contributed by atoms with Gasteiger partial charge in [-0.2, -0.15) is 0 Å². The van der Waals surface area contributed by atoms with E-state index in [-0.39, 0.29) is 51.3 Å². The van der Waals surface area contributed by atoms with Gasteiger partial charge in [0, 0.05) is 24.6 Å². The van der Waals surface area contributed by atoms with Crippen molar-refractivity contribution in [2.24, 2.45) is 0 Å². The highest BCUT2D eigenvalue weighted by molar-refractivity contribution is 5.98. The van der Waals surface area contributed by atoms with Gasteiger partial charge in [-0.1, -0.05) is 0 Å². The van der Waals surface area contributed by atoms with Crippen molar-refractivity contribution in [3.63, 3.8) is 0 Å². The number of hydrogen-bond acceptors (Lipinski definition) is 5. The Labute approximate surface area is 155 Å². The number of rotatable bonds is 5. The van der Waals surface area contributed by atoms with Crippen molar-refractivity contribution in [3.8, 4) is 0 Å². The molecule has 0 saturated carbocycles. The molecule has 0 radical (unpaired) electrons. The Balaban J connectivity index is 1.73. The fraction of sp³-hybridized carbons (Fsp3) is 0.444. The molecule has 1 aromatic carbocycles. The van der Waals surface area contributed by atoms with E-state index in [0.717, 1.165) is 0 Å². The standard InChI is InChI=1S/C18H22FN3O5/c1-26-8-16(23)20-9-18(25)10-22(4-5-27-11-18)17(24)15-6-12-2-3-13(19)7-14(12)21-15/h2-3,6-7,21,25H,4-5,8-11H2,1H3,(H,20,23)/t18-/m0/s1. The molecule has 1 saturated heterocycles. The number of β-amino-alcohol motifs (C(OH)–C–C–N with tert-alkyl or cyclic N) is 1. The molecule has 2 amide bonds. The number of hydrogen-bond donors (Lipinski definition) is 3. The van der Waals surface area contributed by atoms with Crippen LogP contribution in [0.3, 0.4) is 0 Å². The number of carbonyl (C=O) groups excluding carboxylic acids is 2. The van der Waals surface area contributed by atoms with Crippen LogP contribution in [0.25, 0.3) is 10.9 Å². The van der Waals surface area contributed by atoms with Gasteiger partial charge in [0.15, 0.2) is 0 Å². The molecule has 8 nitrogen and oxygen atoms in total. The van der Waals surface area contributed by atoms with E-state index >= 15 is 0 Å². The van der Waals surface area contributed by atoms with E-state index in [9.17, 15) is 19.1 Å². The van der Waals surface area contributed by atoms with Crippen molar-refractivity contribution in [2.75, 3.05) is 46.6 Å². The highest BCUT2D eigenvalue weighted by Gasteiger charge is 2.35. The summed E-state index contributed by atoms with van der Waals surface area (Å²) in [5.41, 5.74) is -0.608. The summed E-state index contributed by atoms with van der Waals surface area (Å²) in [5, 5.41) is 14.1. The number of carbonyl (C=O) groups is 2. The smallest absolute Gasteiger partial charge is 0.270 e. The number of aromatic amines is 1. The average molecular weight is 379 g/mol. The fourth-order valence-corrected chi connectivity index (χ4v) is 3.03. The molecule has 3 rings (SSSR count). The van der Waals surface area contributed by atoms with Crippen LogP contribution >= 0.6 is 0 Å². The van der Waals surface area contributed by atoms with E-state index in [4.69, 9.17) is 9.47 Å². The van der Waals surface area contributed by atoms with E-state index in [1.165, 1.54) is 24.1 Å². The number of nitrogens with one attached hydrogen (secondary N) is 2. The third-order valence-corrected chi connectivity index (χ3v) is 4.35. The minimum absolute atomic E-state index is 0.0111. The minimum Gasteiger partial charge on any atom is -0.384 e. The van der Waals surface area contributed by atoms with Crippen molar-refractivity contribution in [1.82, 2.24) is 15.2 Å². The summed E-state index contributed by atoms with van der Waals surface area (Å²) in [6.45, 7) is 0.332. The molecule has 0 aliphatic carbocycles. The Morgan fingerprint density at radius 1 is 1.44 bits per heavy atom. The molecular weight excluding hydrogens is 357 g/mol. The molecule has 0 bridgehead atoms. The van der Waals surface area contributed by atoms with Crippen molar-refractivity contribution < 1.29 is 28.6 Å². The van der Waals surface area contributed by atoms with Gasteiger partial charge in [-0.05, 0) is 24.3 Å². The van der Waals surface area contributed by atoms with Crippen LogP contribution in [0.4, 0.5) is 4.39 Å². The fourth-order valence-electron chi connectivity index (χ4n) is 3.03. The zero-order valence-electron chi connectivity index (χ0n) is 15.0. The maximum absolute atomic E-state index is 13.4. The first-order valence-corrected chi connectivity index (χ1v) is 8.53. The van der Waals surface area contributed by atoms with Gasteiger partial charge in [0.25, 0.3) is 5.91 Å². The first-order chi connectivity index (χ1) is 12.9. The summed E-state index contributed by atoms with van der Waals surface area (Å²) in [5.74, 6) is -1.10. The number of H-pyrrole nitrogens is 1. The zero-order chi connectivity index (χ0) is 19.4. The molecule has 2 heterocycles. The molecule has 1 aliphatic heterocycles. The van der Waals surface area contributed by atoms with Crippen LogP contribution in [-0.2, 0) is 14.3 Å². The summed E-state index contributed by atoms with van der Waals surface area (Å²) >= 11 is 0. The lowest BCUT2D eigenvalue weighted by atomic mass is 10.0. The van der Waals surface area contributed by atoms with Gasteiger partial charge < -0.3 is 29.8 Å². The van der Waals surface area contributed by atoms with Crippen LogP contribution in [0, 0.1) is 5.82 Å². The Bertz CT molecular complexity index is 840. The first-order valence-electron chi connectivity index (χ1n) is 8.53. The summed E-state index contributed by atoms with van der Waals surface area (Å²) < 4.78 is 23.5. The second kappa shape index (κ2) is 8.03. The number of aromatic nitrogens is 1. The monoisotopic (exact) mass is 379 g/mol. The summed E-state index contributed by atoms with van der Waals surface area (Å²) in [6, 6.07) is 5.87. The topological polar surface area (TPSA) is 104 Å². The Morgan fingerprint density at radius 2 is 2.26 bits per heavy atom. The molecule has 146 valence electrons. The quantitative estimate of drug-likeness (QED) is 0.692. The second-order valence-corrected chi connectivity index (χ2v) is 6.63. The van der Waals surface area contributed by atoms with E-state index in [1.807, 2.05) is 0 Å². The highest BCUT2D eigenvalue weighted by atomic mass is 19.1. The Hall–Kier alpha value is -2.49. The van der Waals surface area contributed by atoms with Crippen LogP contribution in [0.2, 0.25) is 0 Å². The number of amides is 2. The molecule has 27 heavy (non-hydrogen) atoms. The van der Waals surface area contributed by atoms with E-state index in [0.29, 0.717) is 16.6 Å². The van der Waals surface area contributed by atoms with E-state index < -0.39 is 11.4 Å². The number of benzene rings is 1. The molecule has 1 aromatic heterocycles. The molecule has 1 aliphatic rings. The molecule has 0 unspecified atom stereocenters. The normalized spacial score (nSPS) is 20.5. The lowest BCUT2D eigenvalue weighted by molar-refractivity contribution is -0.126. The van der Waals surface area contributed by atoms with Gasteiger partial charge in [-0.3, -0.25) is 9.59 Å². The lowest BCUT2D eigenvalue weighted by Crippen LogP contribution is -2.53. The molecule has 2 aromatic rings. The largest absolute Gasteiger partial charge is 0.384 e. The Kier molecular flexibility index (Phi) is 5.73. The zero-order valence-corrected chi connectivity index (χ0v) is 15.0.